The minimum Gasteiger partial charge on any atom is -0.353 e. The van der Waals surface area contributed by atoms with Gasteiger partial charge in [-0.05, 0) is 41.8 Å². The van der Waals surface area contributed by atoms with E-state index in [0.717, 1.165) is 16.5 Å². The third kappa shape index (κ3) is 3.45. The molecule has 28 heavy (non-hydrogen) atoms. The molecule has 3 aromatic rings. The van der Waals surface area contributed by atoms with Gasteiger partial charge in [-0.1, -0.05) is 26.0 Å². The molecule has 0 bridgehead atoms. The molecule has 1 aliphatic heterocycles. The fourth-order valence-corrected chi connectivity index (χ4v) is 3.41. The van der Waals surface area contributed by atoms with Gasteiger partial charge in [-0.15, -0.1) is 0 Å². The molecule has 142 valence electrons. The number of fused-ring (bicyclic) bond motifs is 1. The number of amides is 2. The van der Waals surface area contributed by atoms with E-state index in [1.54, 1.807) is 17.2 Å². The van der Waals surface area contributed by atoms with Crippen LogP contribution in [-0.4, -0.2) is 46.3 Å². The van der Waals surface area contributed by atoms with Crippen molar-refractivity contribution in [3.63, 3.8) is 0 Å². The second-order valence-corrected chi connectivity index (χ2v) is 7.28. The summed E-state index contributed by atoms with van der Waals surface area (Å²) in [5.41, 5.74) is 3.81. The normalized spacial score (nSPS) is 14.4. The maximum absolute atomic E-state index is 13.3. The van der Waals surface area contributed by atoms with Crippen molar-refractivity contribution in [2.45, 2.75) is 19.8 Å². The van der Waals surface area contributed by atoms with Crippen LogP contribution in [0.4, 0.5) is 0 Å². The van der Waals surface area contributed by atoms with Crippen LogP contribution in [0.15, 0.2) is 48.7 Å². The molecule has 1 fully saturated rings. The monoisotopic (exact) mass is 374 g/mol. The number of rotatable bonds is 3. The van der Waals surface area contributed by atoms with Gasteiger partial charge in [0.1, 0.15) is 0 Å². The predicted molar refractivity (Wildman–Crippen MR) is 108 cm³/mol. The molecule has 0 radical (unpaired) electrons. The molecule has 4 rings (SSSR count). The van der Waals surface area contributed by atoms with E-state index in [4.69, 9.17) is 4.98 Å². The van der Waals surface area contributed by atoms with Gasteiger partial charge in [0.2, 0.25) is 5.91 Å². The maximum atomic E-state index is 13.3. The van der Waals surface area contributed by atoms with Crippen molar-refractivity contribution in [3.8, 4) is 11.4 Å². The first-order valence-corrected chi connectivity index (χ1v) is 9.45. The molecule has 0 aliphatic carbocycles. The lowest BCUT2D eigenvalue weighted by atomic mass is 9.97. The Morgan fingerprint density at radius 2 is 2.00 bits per heavy atom. The average Bonchev–Trinajstić information content (AvgIpc) is 2.72. The summed E-state index contributed by atoms with van der Waals surface area (Å²) in [5.74, 6) is 0.0506. The molecule has 6 nitrogen and oxygen atoms in total. The van der Waals surface area contributed by atoms with Crippen molar-refractivity contribution in [1.29, 1.82) is 0 Å². The smallest absolute Gasteiger partial charge is 0.255 e. The zero-order valence-corrected chi connectivity index (χ0v) is 16.0. The number of benzene rings is 1. The van der Waals surface area contributed by atoms with Gasteiger partial charge in [-0.25, -0.2) is 4.98 Å². The lowest BCUT2D eigenvalue weighted by Gasteiger charge is -2.27. The Hall–Kier alpha value is -3.28. The van der Waals surface area contributed by atoms with E-state index < -0.39 is 0 Å². The van der Waals surface area contributed by atoms with Gasteiger partial charge in [0, 0.05) is 24.7 Å². The van der Waals surface area contributed by atoms with E-state index in [2.05, 4.69) is 24.1 Å². The average molecular weight is 374 g/mol. The Balaban J connectivity index is 1.88. The van der Waals surface area contributed by atoms with Crippen LogP contribution in [0.1, 0.15) is 35.7 Å². The minimum atomic E-state index is -0.152. The molecule has 0 atom stereocenters. The molecule has 0 unspecified atom stereocenters. The lowest BCUT2D eigenvalue weighted by Crippen LogP contribution is -2.50. The minimum absolute atomic E-state index is 0.0748. The molecule has 1 N–H and O–H groups in total. The van der Waals surface area contributed by atoms with Crippen molar-refractivity contribution >= 4 is 22.7 Å². The molecule has 2 aromatic heterocycles. The highest BCUT2D eigenvalue weighted by atomic mass is 16.2. The fourth-order valence-electron chi connectivity index (χ4n) is 3.41. The summed E-state index contributed by atoms with van der Waals surface area (Å²) >= 11 is 0. The second-order valence-electron chi connectivity index (χ2n) is 7.28. The number of carbonyl (C=O) groups is 2. The SMILES string of the molecule is CC(C)c1ccc2nc(-c3ccccn3)cc(C(=O)N3CCNC(=O)C3)c2c1. The fraction of sp³-hybridized carbons (Fsp3) is 0.273. The van der Waals surface area contributed by atoms with Crippen LogP contribution in [-0.2, 0) is 4.79 Å². The molecule has 2 amide bonds. The maximum Gasteiger partial charge on any atom is 0.255 e. The van der Waals surface area contributed by atoms with Crippen molar-refractivity contribution in [2.24, 2.45) is 0 Å². The van der Waals surface area contributed by atoms with Crippen LogP contribution in [0.5, 0.6) is 0 Å². The van der Waals surface area contributed by atoms with Gasteiger partial charge in [0.15, 0.2) is 0 Å². The second kappa shape index (κ2) is 7.38. The quantitative estimate of drug-likeness (QED) is 0.765. The zero-order valence-electron chi connectivity index (χ0n) is 16.0. The van der Waals surface area contributed by atoms with Gasteiger partial charge < -0.3 is 10.2 Å². The van der Waals surface area contributed by atoms with Crippen molar-refractivity contribution in [2.75, 3.05) is 19.6 Å². The van der Waals surface area contributed by atoms with E-state index in [9.17, 15) is 9.59 Å². The number of hydrogen-bond donors (Lipinski definition) is 1. The summed E-state index contributed by atoms with van der Waals surface area (Å²) in [6, 6.07) is 13.4. The first-order valence-electron chi connectivity index (χ1n) is 9.45. The van der Waals surface area contributed by atoms with Crippen LogP contribution in [0, 0.1) is 0 Å². The zero-order chi connectivity index (χ0) is 19.7. The molecule has 1 saturated heterocycles. The third-order valence-electron chi connectivity index (χ3n) is 4.98. The first-order chi connectivity index (χ1) is 13.5. The van der Waals surface area contributed by atoms with Gasteiger partial charge in [-0.2, -0.15) is 0 Å². The molecule has 1 aromatic carbocycles. The summed E-state index contributed by atoms with van der Waals surface area (Å²) in [4.78, 5) is 35.8. The Bertz CT molecular complexity index is 1050. The first kappa shape index (κ1) is 18.1. The van der Waals surface area contributed by atoms with Crippen LogP contribution < -0.4 is 5.32 Å². The highest BCUT2D eigenvalue weighted by Crippen LogP contribution is 2.28. The number of carbonyl (C=O) groups excluding carboxylic acids is 2. The van der Waals surface area contributed by atoms with E-state index in [1.165, 1.54) is 0 Å². The summed E-state index contributed by atoms with van der Waals surface area (Å²) in [5, 5.41) is 3.57. The number of nitrogens with one attached hydrogen (secondary N) is 1. The van der Waals surface area contributed by atoms with Gasteiger partial charge in [0.25, 0.3) is 5.91 Å². The van der Waals surface area contributed by atoms with Crippen LogP contribution in [0.25, 0.3) is 22.3 Å². The molecular formula is C22H22N4O2. The number of hydrogen-bond acceptors (Lipinski definition) is 4. The molecular weight excluding hydrogens is 352 g/mol. The number of aromatic nitrogens is 2. The Labute approximate surface area is 163 Å². The third-order valence-corrected chi connectivity index (χ3v) is 4.98. The van der Waals surface area contributed by atoms with E-state index in [0.29, 0.717) is 36.0 Å². The number of pyridine rings is 2. The standard InChI is InChI=1S/C22H22N4O2/c1-14(2)15-6-7-18-16(11-15)17(22(28)26-10-9-24-21(27)13-26)12-20(25-18)19-5-3-4-8-23-19/h3-8,11-12,14H,9-10,13H2,1-2H3,(H,24,27). The molecule has 6 heteroatoms. The summed E-state index contributed by atoms with van der Waals surface area (Å²) in [6.45, 7) is 5.28. The summed E-state index contributed by atoms with van der Waals surface area (Å²) < 4.78 is 0. The molecule has 0 spiro atoms. The van der Waals surface area contributed by atoms with Gasteiger partial charge in [0.05, 0.1) is 29.0 Å². The molecule has 0 saturated carbocycles. The highest BCUT2D eigenvalue weighted by Gasteiger charge is 2.25. The van der Waals surface area contributed by atoms with Crippen molar-refractivity contribution in [3.05, 3.63) is 59.8 Å². The Kier molecular flexibility index (Phi) is 4.77. The van der Waals surface area contributed by atoms with E-state index in [1.807, 2.05) is 36.4 Å². The number of piperazine rings is 1. The van der Waals surface area contributed by atoms with Crippen molar-refractivity contribution < 1.29 is 9.59 Å². The highest BCUT2D eigenvalue weighted by molar-refractivity contribution is 6.08. The van der Waals surface area contributed by atoms with E-state index in [-0.39, 0.29) is 18.4 Å². The molecule has 3 heterocycles. The molecule has 1 aliphatic rings. The summed E-state index contributed by atoms with van der Waals surface area (Å²) in [7, 11) is 0. The topological polar surface area (TPSA) is 75.2 Å². The summed E-state index contributed by atoms with van der Waals surface area (Å²) in [6.07, 6.45) is 1.71. The lowest BCUT2D eigenvalue weighted by molar-refractivity contribution is -0.123. The Morgan fingerprint density at radius 3 is 2.71 bits per heavy atom. The largest absolute Gasteiger partial charge is 0.353 e. The van der Waals surface area contributed by atoms with Crippen LogP contribution in [0.3, 0.4) is 0 Å². The predicted octanol–water partition coefficient (Wildman–Crippen LogP) is 2.99. The van der Waals surface area contributed by atoms with Crippen LogP contribution >= 0.6 is 0 Å². The van der Waals surface area contributed by atoms with Gasteiger partial charge in [-0.3, -0.25) is 14.6 Å². The van der Waals surface area contributed by atoms with Gasteiger partial charge >= 0.3 is 0 Å². The number of nitrogens with zero attached hydrogens (tertiary/aromatic N) is 3. The van der Waals surface area contributed by atoms with Crippen LogP contribution in [0.2, 0.25) is 0 Å². The van der Waals surface area contributed by atoms with Crippen molar-refractivity contribution in [1.82, 2.24) is 20.2 Å². The Morgan fingerprint density at radius 1 is 1.14 bits per heavy atom. The van der Waals surface area contributed by atoms with E-state index >= 15 is 0 Å².